The molecule has 9 heteroatoms. The fraction of sp³-hybridized carbons (Fsp3) is 0.133. The Labute approximate surface area is 132 Å². The fourth-order valence-electron chi connectivity index (χ4n) is 2.42. The van der Waals surface area contributed by atoms with Crippen molar-refractivity contribution in [2.45, 2.75) is 13.1 Å². The van der Waals surface area contributed by atoms with Gasteiger partial charge in [-0.2, -0.15) is 18.3 Å². The molecule has 0 spiro atoms. The van der Waals surface area contributed by atoms with E-state index in [2.05, 4.69) is 10.1 Å². The van der Waals surface area contributed by atoms with E-state index >= 15 is 0 Å². The quantitative estimate of drug-likeness (QED) is 0.750. The van der Waals surface area contributed by atoms with Crippen molar-refractivity contribution in [3.63, 3.8) is 0 Å². The third-order valence-corrected chi connectivity index (χ3v) is 3.56. The normalized spacial score (nSPS) is 11.8. The van der Waals surface area contributed by atoms with E-state index in [1.165, 1.54) is 35.8 Å². The van der Waals surface area contributed by atoms with Gasteiger partial charge in [0.05, 0.1) is 17.5 Å². The predicted molar refractivity (Wildman–Crippen MR) is 79.5 cm³/mol. The Morgan fingerprint density at radius 3 is 2.58 bits per heavy atom. The van der Waals surface area contributed by atoms with Crippen LogP contribution in [0.2, 0.25) is 0 Å². The molecule has 0 fully saturated rings. The Bertz CT molecular complexity index is 1020. The Balaban J connectivity index is 2.15. The van der Waals surface area contributed by atoms with Gasteiger partial charge in [0, 0.05) is 6.07 Å². The zero-order valence-electron chi connectivity index (χ0n) is 12.3. The average Bonchev–Trinajstić information content (AvgIpc) is 2.90. The molecule has 0 saturated heterocycles. The van der Waals surface area contributed by atoms with Crippen molar-refractivity contribution < 1.29 is 18.0 Å². The smallest absolute Gasteiger partial charge is 0.364 e. The van der Waals surface area contributed by atoms with Crippen molar-refractivity contribution in [3.05, 3.63) is 57.6 Å². The highest BCUT2D eigenvalue weighted by atomic mass is 19.4. The molecular formula is C15H11F3N4O2. The number of aromatic nitrogens is 3. The molecule has 3 aromatic rings. The van der Waals surface area contributed by atoms with Crippen LogP contribution in [0.5, 0.6) is 0 Å². The van der Waals surface area contributed by atoms with Gasteiger partial charge in [-0.05, 0) is 30.2 Å². The van der Waals surface area contributed by atoms with Crippen LogP contribution in [0.25, 0.3) is 16.8 Å². The highest BCUT2D eigenvalue weighted by Gasteiger charge is 2.32. The summed E-state index contributed by atoms with van der Waals surface area (Å²) >= 11 is 0. The number of nitrogens with two attached hydrogens (primary N) is 1. The number of amides is 1. The minimum Gasteiger partial charge on any atom is -0.364 e. The number of alkyl halides is 3. The van der Waals surface area contributed by atoms with Crippen molar-refractivity contribution in [2.75, 3.05) is 0 Å². The third-order valence-electron chi connectivity index (χ3n) is 3.56. The topological polar surface area (TPSA) is 93.2 Å². The summed E-state index contributed by atoms with van der Waals surface area (Å²) in [6.07, 6.45) is -3.04. The molecule has 0 bridgehead atoms. The number of carbonyl (C=O) groups excluding carboxylic acids is 1. The number of hydrogen-bond donors (Lipinski definition) is 2. The Hall–Kier alpha value is -3.10. The summed E-state index contributed by atoms with van der Waals surface area (Å²) in [6.45, 7) is 1.34. The second kappa shape index (κ2) is 5.22. The number of H-pyrrole nitrogens is 1. The van der Waals surface area contributed by atoms with Gasteiger partial charge in [0.1, 0.15) is 5.52 Å². The van der Waals surface area contributed by atoms with E-state index in [0.717, 1.165) is 6.07 Å². The summed E-state index contributed by atoms with van der Waals surface area (Å²) in [6, 6.07) is 4.76. The number of fused-ring (bicyclic) bond motifs is 1. The lowest BCUT2D eigenvalue weighted by molar-refractivity contribution is -0.138. The zero-order chi connectivity index (χ0) is 17.6. The maximum Gasteiger partial charge on any atom is 0.416 e. The SMILES string of the molecule is Cc1cc(-c2cn3nc(C(N)=O)cc3c(=O)[nH]2)ccc1C(F)(F)F. The molecule has 124 valence electrons. The maximum atomic E-state index is 12.8. The fourth-order valence-corrected chi connectivity index (χ4v) is 2.42. The maximum absolute atomic E-state index is 12.8. The highest BCUT2D eigenvalue weighted by molar-refractivity contribution is 5.92. The minimum absolute atomic E-state index is 0.0271. The summed E-state index contributed by atoms with van der Waals surface area (Å²) in [7, 11) is 0. The number of benzene rings is 1. The van der Waals surface area contributed by atoms with Crippen molar-refractivity contribution in [1.29, 1.82) is 0 Å². The number of primary amides is 1. The molecule has 3 rings (SSSR count). The molecule has 2 aromatic heterocycles. The molecular weight excluding hydrogens is 325 g/mol. The zero-order valence-corrected chi connectivity index (χ0v) is 12.3. The highest BCUT2D eigenvalue weighted by Crippen LogP contribution is 2.33. The van der Waals surface area contributed by atoms with Crippen LogP contribution in [-0.2, 0) is 6.18 Å². The van der Waals surface area contributed by atoms with Crippen molar-refractivity contribution in [2.24, 2.45) is 5.73 Å². The summed E-state index contributed by atoms with van der Waals surface area (Å²) in [5.74, 6) is -0.787. The number of nitrogens with zero attached hydrogens (tertiary/aromatic N) is 2. The Kier molecular flexibility index (Phi) is 3.43. The van der Waals surface area contributed by atoms with Gasteiger partial charge in [-0.1, -0.05) is 6.07 Å². The molecule has 0 aliphatic rings. The largest absolute Gasteiger partial charge is 0.416 e. The van der Waals surface area contributed by atoms with Gasteiger partial charge < -0.3 is 10.7 Å². The average molecular weight is 336 g/mol. The standard InChI is InChI=1S/C15H11F3N4O2/c1-7-4-8(2-3-9(7)15(16,17)18)11-6-22-12(14(24)20-11)5-10(21-22)13(19)23/h2-6H,1H3,(H2,19,23)(H,20,24). The first kappa shape index (κ1) is 15.8. The van der Waals surface area contributed by atoms with E-state index < -0.39 is 23.2 Å². The van der Waals surface area contributed by atoms with Crippen molar-refractivity contribution in [1.82, 2.24) is 14.6 Å². The lowest BCUT2D eigenvalue weighted by Crippen LogP contribution is -2.12. The van der Waals surface area contributed by atoms with Crippen LogP contribution in [0.15, 0.2) is 35.3 Å². The number of carbonyl (C=O) groups is 1. The van der Waals surface area contributed by atoms with Crippen LogP contribution in [0.1, 0.15) is 21.6 Å². The van der Waals surface area contributed by atoms with Gasteiger partial charge >= 0.3 is 6.18 Å². The second-order valence-corrected chi connectivity index (χ2v) is 5.25. The summed E-state index contributed by atoms with van der Waals surface area (Å²) in [5, 5.41) is 3.88. The molecule has 6 nitrogen and oxygen atoms in total. The number of rotatable bonds is 2. The van der Waals surface area contributed by atoms with E-state index in [4.69, 9.17) is 5.73 Å². The molecule has 0 aliphatic heterocycles. The molecule has 2 heterocycles. The Morgan fingerprint density at radius 2 is 2.00 bits per heavy atom. The first-order valence-corrected chi connectivity index (χ1v) is 6.77. The molecule has 3 N–H and O–H groups in total. The van der Waals surface area contributed by atoms with Crippen LogP contribution in [0.3, 0.4) is 0 Å². The molecule has 0 aliphatic carbocycles. The summed E-state index contributed by atoms with van der Waals surface area (Å²) in [5.41, 5.74) is 4.54. The summed E-state index contributed by atoms with van der Waals surface area (Å²) < 4.78 is 39.6. The molecule has 0 atom stereocenters. The summed E-state index contributed by atoms with van der Waals surface area (Å²) in [4.78, 5) is 25.8. The van der Waals surface area contributed by atoms with Crippen molar-refractivity contribution in [3.8, 4) is 11.3 Å². The van der Waals surface area contributed by atoms with Crippen LogP contribution in [0.4, 0.5) is 13.2 Å². The molecule has 1 amide bonds. The van der Waals surface area contributed by atoms with Gasteiger partial charge in [0.15, 0.2) is 5.69 Å². The van der Waals surface area contributed by atoms with E-state index in [1.54, 1.807) is 0 Å². The Morgan fingerprint density at radius 1 is 1.29 bits per heavy atom. The molecule has 0 radical (unpaired) electrons. The minimum atomic E-state index is -4.45. The number of nitrogens with one attached hydrogen (secondary N) is 1. The number of aryl methyl sites for hydroxylation is 1. The van der Waals surface area contributed by atoms with Gasteiger partial charge in [-0.15, -0.1) is 0 Å². The first-order valence-electron chi connectivity index (χ1n) is 6.77. The monoisotopic (exact) mass is 336 g/mol. The lowest BCUT2D eigenvalue weighted by atomic mass is 10.0. The van der Waals surface area contributed by atoms with Crippen LogP contribution in [-0.4, -0.2) is 20.5 Å². The van der Waals surface area contributed by atoms with E-state index in [-0.39, 0.29) is 22.5 Å². The molecule has 0 saturated carbocycles. The van der Waals surface area contributed by atoms with Crippen molar-refractivity contribution >= 4 is 11.4 Å². The molecule has 24 heavy (non-hydrogen) atoms. The van der Waals surface area contributed by atoms with Gasteiger partial charge in [0.2, 0.25) is 0 Å². The van der Waals surface area contributed by atoms with Crippen LogP contribution in [0, 0.1) is 6.92 Å². The number of aromatic amines is 1. The number of halogens is 3. The molecule has 0 unspecified atom stereocenters. The second-order valence-electron chi connectivity index (χ2n) is 5.25. The van der Waals surface area contributed by atoms with Crippen LogP contribution < -0.4 is 11.3 Å². The number of hydrogen-bond acceptors (Lipinski definition) is 3. The third kappa shape index (κ3) is 2.64. The van der Waals surface area contributed by atoms with E-state index in [0.29, 0.717) is 5.56 Å². The van der Waals surface area contributed by atoms with Crippen LogP contribution >= 0.6 is 0 Å². The van der Waals surface area contributed by atoms with Gasteiger partial charge in [0.25, 0.3) is 11.5 Å². The van der Waals surface area contributed by atoms with Gasteiger partial charge in [-0.3, -0.25) is 9.59 Å². The lowest BCUT2D eigenvalue weighted by Gasteiger charge is -2.11. The molecule has 1 aromatic carbocycles. The predicted octanol–water partition coefficient (Wildman–Crippen LogP) is 2.12. The van der Waals surface area contributed by atoms with Gasteiger partial charge in [-0.25, -0.2) is 4.52 Å². The first-order chi connectivity index (χ1) is 11.2. The van der Waals surface area contributed by atoms with E-state index in [1.807, 2.05) is 0 Å². The van der Waals surface area contributed by atoms with E-state index in [9.17, 15) is 22.8 Å².